The summed E-state index contributed by atoms with van der Waals surface area (Å²) in [4.78, 5) is 25.1. The summed E-state index contributed by atoms with van der Waals surface area (Å²) < 4.78 is 5.73. The number of hydrogen-bond donors (Lipinski definition) is 1. The quantitative estimate of drug-likeness (QED) is 0.858. The van der Waals surface area contributed by atoms with Crippen LogP contribution < -0.4 is 5.32 Å². The molecule has 1 aliphatic carbocycles. The van der Waals surface area contributed by atoms with E-state index in [9.17, 15) is 9.59 Å². The van der Waals surface area contributed by atoms with Gasteiger partial charge < -0.3 is 10.1 Å². The van der Waals surface area contributed by atoms with Crippen LogP contribution in [0.25, 0.3) is 0 Å². The van der Waals surface area contributed by atoms with Gasteiger partial charge in [-0.2, -0.15) is 0 Å². The van der Waals surface area contributed by atoms with Crippen molar-refractivity contribution < 1.29 is 14.3 Å². The fourth-order valence-electron chi connectivity index (χ4n) is 3.87. The van der Waals surface area contributed by atoms with Crippen LogP contribution in [0.3, 0.4) is 0 Å². The van der Waals surface area contributed by atoms with Crippen molar-refractivity contribution in [2.45, 2.75) is 64.0 Å². The molecule has 24 heavy (non-hydrogen) atoms. The van der Waals surface area contributed by atoms with Gasteiger partial charge in [-0.3, -0.25) is 4.79 Å². The highest BCUT2D eigenvalue weighted by atomic mass is 16.6. The van der Waals surface area contributed by atoms with Crippen LogP contribution in [0.5, 0.6) is 0 Å². The Morgan fingerprint density at radius 2 is 1.75 bits per heavy atom. The second kappa shape index (κ2) is 6.80. The lowest BCUT2D eigenvalue weighted by molar-refractivity contribution is -0.148. The van der Waals surface area contributed by atoms with Gasteiger partial charge in [-0.05, 0) is 45.1 Å². The van der Waals surface area contributed by atoms with Gasteiger partial charge in [-0.1, -0.05) is 43.2 Å². The first-order chi connectivity index (χ1) is 11.5. The molecule has 4 nitrogen and oxygen atoms in total. The van der Waals surface area contributed by atoms with Crippen molar-refractivity contribution in [3.63, 3.8) is 0 Å². The summed E-state index contributed by atoms with van der Waals surface area (Å²) in [6.07, 6.45) is 5.75. The summed E-state index contributed by atoms with van der Waals surface area (Å²) in [6.45, 7) is 3.67. The summed E-state index contributed by atoms with van der Waals surface area (Å²) >= 11 is 0. The first-order valence-electron chi connectivity index (χ1n) is 8.84. The minimum absolute atomic E-state index is 0.113. The number of benzene rings is 1. The standard InChI is InChI=1S/C20H25NO3/c1-14-17(18(22)21-15(2)16-10-6-5-7-11-16)20(24-19(14)23)12-8-3-4-9-13-20/h5-7,10-11,15H,3-4,8-9,12-13H2,1-2H3,(H,21,22)/t15-/m1/s1. The number of hydrogen-bond acceptors (Lipinski definition) is 3. The minimum Gasteiger partial charge on any atom is -0.451 e. The van der Waals surface area contributed by atoms with E-state index in [4.69, 9.17) is 4.74 Å². The Balaban J connectivity index is 1.84. The van der Waals surface area contributed by atoms with Crippen LogP contribution in [-0.4, -0.2) is 17.5 Å². The number of carbonyl (C=O) groups excluding carboxylic acids is 2. The summed E-state index contributed by atoms with van der Waals surface area (Å²) in [7, 11) is 0. The third-order valence-corrected chi connectivity index (χ3v) is 5.21. The predicted molar refractivity (Wildman–Crippen MR) is 92.2 cm³/mol. The highest BCUT2D eigenvalue weighted by molar-refractivity contribution is 6.07. The zero-order chi connectivity index (χ0) is 17.2. The van der Waals surface area contributed by atoms with Gasteiger partial charge in [-0.25, -0.2) is 4.79 Å². The van der Waals surface area contributed by atoms with Crippen molar-refractivity contribution in [3.05, 3.63) is 47.0 Å². The summed E-state index contributed by atoms with van der Waals surface area (Å²) in [5.74, 6) is -0.508. The van der Waals surface area contributed by atoms with Gasteiger partial charge in [-0.15, -0.1) is 0 Å². The van der Waals surface area contributed by atoms with Crippen LogP contribution in [0.1, 0.15) is 64.0 Å². The molecule has 0 bridgehead atoms. The molecule has 1 saturated carbocycles. The van der Waals surface area contributed by atoms with Crippen LogP contribution >= 0.6 is 0 Å². The van der Waals surface area contributed by atoms with E-state index in [1.807, 2.05) is 37.3 Å². The van der Waals surface area contributed by atoms with E-state index in [1.54, 1.807) is 6.92 Å². The van der Waals surface area contributed by atoms with Crippen LogP contribution in [0.15, 0.2) is 41.5 Å². The zero-order valence-corrected chi connectivity index (χ0v) is 14.4. The molecule has 128 valence electrons. The van der Waals surface area contributed by atoms with E-state index in [2.05, 4.69) is 5.32 Å². The lowest BCUT2D eigenvalue weighted by atomic mass is 9.84. The van der Waals surface area contributed by atoms with Gasteiger partial charge in [0.2, 0.25) is 0 Å². The van der Waals surface area contributed by atoms with Gasteiger partial charge in [0.25, 0.3) is 5.91 Å². The van der Waals surface area contributed by atoms with Crippen LogP contribution in [0, 0.1) is 0 Å². The highest BCUT2D eigenvalue weighted by Gasteiger charge is 2.49. The molecule has 0 saturated heterocycles. The molecule has 0 aromatic heterocycles. The smallest absolute Gasteiger partial charge is 0.335 e. The minimum atomic E-state index is -0.710. The predicted octanol–water partition coefficient (Wildman–Crippen LogP) is 3.83. The largest absolute Gasteiger partial charge is 0.451 e. The molecule has 1 amide bonds. The number of nitrogens with one attached hydrogen (secondary N) is 1. The highest BCUT2D eigenvalue weighted by Crippen LogP contribution is 2.43. The molecule has 3 rings (SSSR count). The Morgan fingerprint density at radius 3 is 2.38 bits per heavy atom. The van der Waals surface area contributed by atoms with Crippen LogP contribution in [-0.2, 0) is 14.3 Å². The monoisotopic (exact) mass is 327 g/mol. The molecular weight excluding hydrogens is 302 g/mol. The van der Waals surface area contributed by atoms with E-state index in [0.717, 1.165) is 44.1 Å². The maximum absolute atomic E-state index is 13.0. The Morgan fingerprint density at radius 1 is 1.12 bits per heavy atom. The Kier molecular flexibility index (Phi) is 4.74. The molecule has 1 aromatic rings. The number of carbonyl (C=O) groups is 2. The molecule has 1 atom stereocenters. The average Bonchev–Trinajstić information content (AvgIpc) is 2.71. The van der Waals surface area contributed by atoms with Gasteiger partial charge >= 0.3 is 5.97 Å². The van der Waals surface area contributed by atoms with Crippen molar-refractivity contribution in [2.24, 2.45) is 0 Å². The number of amides is 1. The maximum Gasteiger partial charge on any atom is 0.335 e. The zero-order valence-electron chi connectivity index (χ0n) is 14.4. The van der Waals surface area contributed by atoms with E-state index in [0.29, 0.717) is 11.1 Å². The molecule has 2 aliphatic rings. The molecule has 4 heteroatoms. The van der Waals surface area contributed by atoms with Gasteiger partial charge in [0.15, 0.2) is 0 Å². The Hall–Kier alpha value is -2.10. The lowest BCUT2D eigenvalue weighted by Crippen LogP contribution is -2.40. The molecule has 1 aromatic carbocycles. The molecular formula is C20H25NO3. The molecule has 1 fully saturated rings. The number of ether oxygens (including phenoxy) is 1. The third-order valence-electron chi connectivity index (χ3n) is 5.21. The second-order valence-electron chi connectivity index (χ2n) is 6.90. The Bertz CT molecular complexity index is 655. The molecule has 0 radical (unpaired) electrons. The summed E-state index contributed by atoms with van der Waals surface area (Å²) in [6, 6.07) is 9.73. The normalized spacial score (nSPS) is 21.3. The lowest BCUT2D eigenvalue weighted by Gasteiger charge is -2.30. The molecule has 1 aliphatic heterocycles. The van der Waals surface area contributed by atoms with Gasteiger partial charge in [0, 0.05) is 5.57 Å². The summed E-state index contributed by atoms with van der Waals surface area (Å²) in [5, 5.41) is 3.05. The SMILES string of the molecule is CC1=C(C(=O)N[C@H](C)c2ccccc2)C2(CCCCCC2)OC1=O. The first-order valence-corrected chi connectivity index (χ1v) is 8.84. The average molecular weight is 327 g/mol. The second-order valence-corrected chi connectivity index (χ2v) is 6.90. The van der Waals surface area contributed by atoms with E-state index in [1.165, 1.54) is 0 Å². The molecule has 1 N–H and O–H groups in total. The molecule has 1 heterocycles. The molecule has 1 spiro atoms. The van der Waals surface area contributed by atoms with Crippen molar-refractivity contribution in [1.29, 1.82) is 0 Å². The topological polar surface area (TPSA) is 55.4 Å². The third kappa shape index (κ3) is 3.10. The fourth-order valence-corrected chi connectivity index (χ4v) is 3.87. The van der Waals surface area contributed by atoms with Crippen LogP contribution in [0.2, 0.25) is 0 Å². The number of rotatable bonds is 3. The van der Waals surface area contributed by atoms with Gasteiger partial charge in [0.05, 0.1) is 11.6 Å². The Labute approximate surface area is 143 Å². The van der Waals surface area contributed by atoms with Crippen molar-refractivity contribution in [2.75, 3.05) is 0 Å². The van der Waals surface area contributed by atoms with E-state index in [-0.39, 0.29) is 17.9 Å². The van der Waals surface area contributed by atoms with E-state index >= 15 is 0 Å². The first kappa shape index (κ1) is 16.7. The summed E-state index contributed by atoms with van der Waals surface area (Å²) in [5.41, 5.74) is 1.36. The molecule has 0 unspecified atom stereocenters. The maximum atomic E-state index is 13.0. The number of esters is 1. The van der Waals surface area contributed by atoms with Gasteiger partial charge in [0.1, 0.15) is 5.60 Å². The fraction of sp³-hybridized carbons (Fsp3) is 0.500. The van der Waals surface area contributed by atoms with Crippen LogP contribution in [0.4, 0.5) is 0 Å². The van der Waals surface area contributed by atoms with Crippen molar-refractivity contribution in [3.8, 4) is 0 Å². The van der Waals surface area contributed by atoms with Crippen molar-refractivity contribution >= 4 is 11.9 Å². The van der Waals surface area contributed by atoms with Crippen molar-refractivity contribution in [1.82, 2.24) is 5.32 Å². The van der Waals surface area contributed by atoms with E-state index < -0.39 is 5.60 Å².